The molecule has 132 valence electrons. The third kappa shape index (κ3) is 3.96. The lowest BCUT2D eigenvalue weighted by Gasteiger charge is -2.14. The Balaban J connectivity index is 2.60. The zero-order chi connectivity index (χ0) is 18.6. The molecule has 0 bridgehead atoms. The second-order valence-electron chi connectivity index (χ2n) is 5.13. The highest BCUT2D eigenvalue weighted by Gasteiger charge is 2.34. The number of ketones is 1. The molecule has 2 rings (SSSR count). The van der Waals surface area contributed by atoms with E-state index in [0.29, 0.717) is 12.0 Å². The highest BCUT2D eigenvalue weighted by atomic mass is 19.4. The maximum atomic E-state index is 13.2. The number of hydrogen-bond acceptors (Lipinski definition) is 4. The predicted octanol–water partition coefficient (Wildman–Crippen LogP) is 2.95. The van der Waals surface area contributed by atoms with E-state index in [9.17, 15) is 22.8 Å². The van der Waals surface area contributed by atoms with Crippen LogP contribution in [0.3, 0.4) is 0 Å². The van der Waals surface area contributed by atoms with Gasteiger partial charge in [-0.25, -0.2) is 4.68 Å². The van der Waals surface area contributed by atoms with Crippen LogP contribution in [0, 0.1) is 0 Å². The molecule has 0 amide bonds. The SMILES string of the molecule is CC/C(=C\NC)C(=O)c1nn(-c2ccccc2C(F)(F)F)ccc1=O. The van der Waals surface area contributed by atoms with E-state index >= 15 is 0 Å². The molecule has 8 heteroatoms. The number of allylic oxidation sites excluding steroid dienone is 1. The van der Waals surface area contributed by atoms with Crippen molar-refractivity contribution in [1.82, 2.24) is 15.1 Å². The van der Waals surface area contributed by atoms with Crippen molar-refractivity contribution in [2.75, 3.05) is 7.05 Å². The summed E-state index contributed by atoms with van der Waals surface area (Å²) in [7, 11) is 1.60. The minimum atomic E-state index is -4.59. The molecule has 25 heavy (non-hydrogen) atoms. The van der Waals surface area contributed by atoms with Gasteiger partial charge in [0.1, 0.15) is 0 Å². The van der Waals surface area contributed by atoms with Gasteiger partial charge in [-0.2, -0.15) is 18.3 Å². The molecule has 0 atom stereocenters. The summed E-state index contributed by atoms with van der Waals surface area (Å²) in [6.45, 7) is 1.72. The zero-order valence-electron chi connectivity index (χ0n) is 13.6. The lowest BCUT2D eigenvalue weighted by molar-refractivity contribution is -0.137. The van der Waals surface area contributed by atoms with E-state index < -0.39 is 28.6 Å². The van der Waals surface area contributed by atoms with Gasteiger partial charge in [0.2, 0.25) is 11.2 Å². The lowest BCUT2D eigenvalue weighted by Crippen LogP contribution is -2.23. The van der Waals surface area contributed by atoms with Crippen LogP contribution in [0.1, 0.15) is 29.4 Å². The molecule has 0 fully saturated rings. The summed E-state index contributed by atoms with van der Waals surface area (Å²) in [5.74, 6) is -0.624. The Kier molecular flexibility index (Phi) is 5.41. The summed E-state index contributed by atoms with van der Waals surface area (Å²) in [6, 6.07) is 5.84. The van der Waals surface area contributed by atoms with Gasteiger partial charge in [-0.15, -0.1) is 0 Å². The molecule has 0 saturated carbocycles. The second-order valence-corrected chi connectivity index (χ2v) is 5.13. The van der Waals surface area contributed by atoms with E-state index in [4.69, 9.17) is 0 Å². The van der Waals surface area contributed by atoms with Crippen molar-refractivity contribution >= 4 is 5.78 Å². The monoisotopic (exact) mass is 351 g/mol. The molecule has 0 aliphatic heterocycles. The van der Waals surface area contributed by atoms with Crippen LogP contribution in [0.25, 0.3) is 5.69 Å². The normalized spacial score (nSPS) is 12.1. The molecule has 1 heterocycles. The van der Waals surface area contributed by atoms with Gasteiger partial charge in [-0.1, -0.05) is 19.1 Å². The lowest BCUT2D eigenvalue weighted by atomic mass is 10.1. The maximum absolute atomic E-state index is 13.2. The van der Waals surface area contributed by atoms with E-state index in [2.05, 4.69) is 10.4 Å². The van der Waals surface area contributed by atoms with Crippen LogP contribution in [0.2, 0.25) is 0 Å². The second kappa shape index (κ2) is 7.33. The Hall–Kier alpha value is -2.90. The topological polar surface area (TPSA) is 64.0 Å². The first-order chi connectivity index (χ1) is 11.8. The number of alkyl halides is 3. The average Bonchev–Trinajstić information content (AvgIpc) is 2.59. The summed E-state index contributed by atoms with van der Waals surface area (Å²) >= 11 is 0. The molecule has 1 aromatic carbocycles. The maximum Gasteiger partial charge on any atom is 0.418 e. The van der Waals surface area contributed by atoms with Crippen molar-refractivity contribution in [2.45, 2.75) is 19.5 Å². The Labute approximate surface area is 141 Å². The summed E-state index contributed by atoms with van der Waals surface area (Å²) < 4.78 is 40.4. The number of aromatic nitrogens is 2. The van der Waals surface area contributed by atoms with Crippen LogP contribution >= 0.6 is 0 Å². The van der Waals surface area contributed by atoms with Crippen molar-refractivity contribution in [2.24, 2.45) is 0 Å². The van der Waals surface area contributed by atoms with Crippen LogP contribution in [-0.2, 0) is 6.18 Å². The van der Waals surface area contributed by atoms with Crippen LogP contribution < -0.4 is 10.7 Å². The van der Waals surface area contributed by atoms with E-state index in [1.807, 2.05) is 0 Å². The number of Topliss-reactive ketones (excluding diaryl/α,β-unsaturated/α-hetero) is 1. The molecule has 5 nitrogen and oxygen atoms in total. The zero-order valence-corrected chi connectivity index (χ0v) is 13.6. The first-order valence-corrected chi connectivity index (χ1v) is 7.47. The standard InChI is InChI=1S/C17H16F3N3O2/c1-3-11(10-21-2)16(25)15-14(24)8-9-23(22-15)13-7-5-4-6-12(13)17(18,19)20/h4-10,21H,3H2,1-2H3/b11-10+. The van der Waals surface area contributed by atoms with Crippen molar-refractivity contribution < 1.29 is 18.0 Å². The third-order valence-corrected chi connectivity index (χ3v) is 3.47. The predicted molar refractivity (Wildman–Crippen MR) is 86.6 cm³/mol. The Morgan fingerprint density at radius 3 is 2.56 bits per heavy atom. The molecule has 0 aliphatic carbocycles. The number of nitrogens with zero attached hydrogens (tertiary/aromatic N) is 2. The van der Waals surface area contributed by atoms with Crippen LogP contribution in [0.4, 0.5) is 13.2 Å². The quantitative estimate of drug-likeness (QED) is 0.665. The Bertz CT molecular complexity index is 870. The van der Waals surface area contributed by atoms with Gasteiger partial charge in [0, 0.05) is 31.1 Å². The van der Waals surface area contributed by atoms with Gasteiger partial charge in [-0.05, 0) is 18.6 Å². The van der Waals surface area contributed by atoms with Crippen molar-refractivity contribution in [1.29, 1.82) is 0 Å². The molecule has 0 radical (unpaired) electrons. The fourth-order valence-electron chi connectivity index (χ4n) is 2.27. The fourth-order valence-corrected chi connectivity index (χ4v) is 2.27. The number of benzene rings is 1. The fraction of sp³-hybridized carbons (Fsp3) is 0.235. The first-order valence-electron chi connectivity index (χ1n) is 7.47. The number of carbonyl (C=O) groups is 1. The average molecular weight is 351 g/mol. The van der Waals surface area contributed by atoms with Crippen molar-refractivity contribution in [3.05, 3.63) is 69.8 Å². The highest BCUT2D eigenvalue weighted by Crippen LogP contribution is 2.33. The van der Waals surface area contributed by atoms with Crippen LogP contribution in [-0.4, -0.2) is 22.6 Å². The van der Waals surface area contributed by atoms with Gasteiger partial charge >= 0.3 is 6.18 Å². The Morgan fingerprint density at radius 1 is 1.28 bits per heavy atom. The third-order valence-electron chi connectivity index (χ3n) is 3.47. The highest BCUT2D eigenvalue weighted by molar-refractivity contribution is 6.07. The van der Waals surface area contributed by atoms with Gasteiger partial charge in [0.05, 0.1) is 11.3 Å². The molecule has 1 aromatic heterocycles. The van der Waals surface area contributed by atoms with Crippen molar-refractivity contribution in [3.63, 3.8) is 0 Å². The number of hydrogen-bond donors (Lipinski definition) is 1. The molecule has 0 saturated heterocycles. The summed E-state index contributed by atoms with van der Waals surface area (Å²) in [5.41, 5.74) is -1.95. The Morgan fingerprint density at radius 2 is 1.96 bits per heavy atom. The largest absolute Gasteiger partial charge is 0.418 e. The summed E-state index contributed by atoms with van der Waals surface area (Å²) in [4.78, 5) is 24.4. The number of nitrogens with one attached hydrogen (secondary N) is 1. The number of halogens is 3. The van der Waals surface area contributed by atoms with E-state index in [1.165, 1.54) is 24.4 Å². The molecular formula is C17H16F3N3O2. The van der Waals surface area contributed by atoms with Crippen LogP contribution in [0.15, 0.2) is 53.1 Å². The summed E-state index contributed by atoms with van der Waals surface area (Å²) in [6.07, 6.45) is -1.71. The summed E-state index contributed by atoms with van der Waals surface area (Å²) in [5, 5.41) is 6.55. The molecule has 2 aromatic rings. The number of carbonyl (C=O) groups excluding carboxylic acids is 1. The van der Waals surface area contributed by atoms with Gasteiger partial charge in [0.25, 0.3) is 0 Å². The molecule has 1 N–H and O–H groups in total. The first kappa shape index (κ1) is 18.4. The van der Waals surface area contributed by atoms with Gasteiger partial charge in [-0.3, -0.25) is 9.59 Å². The van der Waals surface area contributed by atoms with Crippen LogP contribution in [0.5, 0.6) is 0 Å². The minimum Gasteiger partial charge on any atom is -0.394 e. The number of rotatable bonds is 5. The minimum absolute atomic E-state index is 0.264. The van der Waals surface area contributed by atoms with E-state index in [-0.39, 0.29) is 5.69 Å². The molecule has 0 aliphatic rings. The van der Waals surface area contributed by atoms with Gasteiger partial charge < -0.3 is 5.32 Å². The van der Waals surface area contributed by atoms with E-state index in [0.717, 1.165) is 23.0 Å². The molecule has 0 unspecified atom stereocenters. The smallest absolute Gasteiger partial charge is 0.394 e. The molecular weight excluding hydrogens is 335 g/mol. The van der Waals surface area contributed by atoms with Gasteiger partial charge in [0.15, 0.2) is 5.69 Å². The van der Waals surface area contributed by atoms with E-state index in [1.54, 1.807) is 14.0 Å². The molecule has 0 spiro atoms. The van der Waals surface area contributed by atoms with Crippen molar-refractivity contribution in [3.8, 4) is 5.69 Å². The number of para-hydroxylation sites is 1.